The fraction of sp³-hybridized carbons (Fsp3) is 0.231. The zero-order chi connectivity index (χ0) is 13.1. The monoisotopic (exact) mass is 263 g/mol. The molecule has 2 amide bonds. The van der Waals surface area contributed by atoms with Crippen molar-refractivity contribution in [2.24, 2.45) is 0 Å². The zero-order valence-electron chi connectivity index (χ0n) is 10.1. The van der Waals surface area contributed by atoms with Crippen LogP contribution in [0.15, 0.2) is 39.9 Å². The predicted molar refractivity (Wildman–Crippen MR) is 70.8 cm³/mol. The minimum atomic E-state index is -0.232. The van der Waals surface area contributed by atoms with Gasteiger partial charge < -0.3 is 4.42 Å². The molecule has 0 spiro atoms. The van der Waals surface area contributed by atoms with E-state index in [1.165, 1.54) is 4.90 Å². The van der Waals surface area contributed by atoms with E-state index in [4.69, 9.17) is 4.42 Å². The standard InChI is InChI=1S/C13H13NO3S/c1-9(2)14-12(15)11(18-13(14)16)7-3-5-10-6-4-8-17-10/h3-9H,1-2H3/b5-3+,11-7-. The van der Waals surface area contributed by atoms with Crippen LogP contribution < -0.4 is 0 Å². The lowest BCUT2D eigenvalue weighted by atomic mass is 10.3. The molecular weight excluding hydrogens is 250 g/mol. The van der Waals surface area contributed by atoms with Crippen molar-refractivity contribution in [2.75, 3.05) is 0 Å². The maximum absolute atomic E-state index is 11.9. The van der Waals surface area contributed by atoms with Gasteiger partial charge in [0.05, 0.1) is 11.2 Å². The first kappa shape index (κ1) is 12.7. The average Bonchev–Trinajstić information content (AvgIpc) is 2.88. The highest BCUT2D eigenvalue weighted by Gasteiger charge is 2.36. The minimum absolute atomic E-state index is 0.113. The Balaban J connectivity index is 2.11. The number of carbonyl (C=O) groups is 2. The van der Waals surface area contributed by atoms with Gasteiger partial charge in [0.25, 0.3) is 11.1 Å². The van der Waals surface area contributed by atoms with Gasteiger partial charge in [-0.1, -0.05) is 6.08 Å². The summed E-state index contributed by atoms with van der Waals surface area (Å²) >= 11 is 0.964. The molecule has 1 aliphatic rings. The Hall–Kier alpha value is -1.75. The van der Waals surface area contributed by atoms with E-state index in [1.807, 2.05) is 19.9 Å². The van der Waals surface area contributed by atoms with E-state index in [0.717, 1.165) is 11.8 Å². The van der Waals surface area contributed by atoms with Gasteiger partial charge in [0, 0.05) is 6.04 Å². The largest absolute Gasteiger partial charge is 0.465 e. The number of hydrogen-bond acceptors (Lipinski definition) is 4. The number of amides is 2. The lowest BCUT2D eigenvalue weighted by molar-refractivity contribution is -0.123. The highest BCUT2D eigenvalue weighted by Crippen LogP contribution is 2.31. The topological polar surface area (TPSA) is 50.5 Å². The molecular formula is C13H13NO3S. The number of thioether (sulfide) groups is 1. The van der Waals surface area contributed by atoms with Gasteiger partial charge in [0.2, 0.25) is 0 Å². The molecule has 94 valence electrons. The number of rotatable bonds is 3. The van der Waals surface area contributed by atoms with Crippen LogP contribution in [0.2, 0.25) is 0 Å². The third-order valence-electron chi connectivity index (χ3n) is 2.39. The van der Waals surface area contributed by atoms with Crippen LogP contribution in [-0.4, -0.2) is 22.1 Å². The Bertz CT molecular complexity index is 514. The second-order valence-corrected chi connectivity index (χ2v) is 5.04. The van der Waals surface area contributed by atoms with Crippen LogP contribution in [0.5, 0.6) is 0 Å². The summed E-state index contributed by atoms with van der Waals surface area (Å²) in [5.74, 6) is 0.471. The van der Waals surface area contributed by atoms with Gasteiger partial charge in [-0.2, -0.15) is 0 Å². The molecule has 0 saturated carbocycles. The van der Waals surface area contributed by atoms with Crippen LogP contribution in [0.25, 0.3) is 6.08 Å². The van der Waals surface area contributed by atoms with E-state index >= 15 is 0 Å². The first-order valence-electron chi connectivity index (χ1n) is 5.57. The normalized spacial score (nSPS) is 18.8. The van der Waals surface area contributed by atoms with Crippen LogP contribution >= 0.6 is 11.8 Å². The van der Waals surface area contributed by atoms with Crippen LogP contribution in [0, 0.1) is 0 Å². The molecule has 0 N–H and O–H groups in total. The highest BCUT2D eigenvalue weighted by molar-refractivity contribution is 8.18. The second-order valence-electron chi connectivity index (χ2n) is 4.04. The molecule has 4 nitrogen and oxygen atoms in total. The number of nitrogens with zero attached hydrogens (tertiary/aromatic N) is 1. The fourth-order valence-corrected chi connectivity index (χ4v) is 2.47. The summed E-state index contributed by atoms with van der Waals surface area (Å²) in [5.41, 5.74) is 0. The summed E-state index contributed by atoms with van der Waals surface area (Å²) in [5, 5.41) is -0.215. The molecule has 0 radical (unpaired) electrons. The summed E-state index contributed by atoms with van der Waals surface area (Å²) in [6.07, 6.45) is 6.65. The minimum Gasteiger partial charge on any atom is -0.465 e. The van der Waals surface area contributed by atoms with Crippen molar-refractivity contribution in [3.63, 3.8) is 0 Å². The van der Waals surface area contributed by atoms with Gasteiger partial charge in [-0.05, 0) is 49.9 Å². The Kier molecular flexibility index (Phi) is 3.72. The van der Waals surface area contributed by atoms with Crippen molar-refractivity contribution in [1.82, 2.24) is 4.90 Å². The quantitative estimate of drug-likeness (QED) is 0.785. The summed E-state index contributed by atoms with van der Waals surface area (Å²) < 4.78 is 5.12. The molecule has 5 heteroatoms. The van der Waals surface area contributed by atoms with Crippen molar-refractivity contribution < 1.29 is 14.0 Å². The van der Waals surface area contributed by atoms with E-state index in [9.17, 15) is 9.59 Å². The Morgan fingerprint density at radius 2 is 2.17 bits per heavy atom. The molecule has 18 heavy (non-hydrogen) atoms. The number of carbonyl (C=O) groups excluding carboxylic acids is 2. The number of hydrogen-bond donors (Lipinski definition) is 0. The summed E-state index contributed by atoms with van der Waals surface area (Å²) in [6, 6.07) is 3.48. The zero-order valence-corrected chi connectivity index (χ0v) is 10.9. The number of allylic oxidation sites excluding steroid dienone is 2. The molecule has 1 aromatic heterocycles. The Morgan fingerprint density at radius 3 is 2.72 bits per heavy atom. The van der Waals surface area contributed by atoms with Gasteiger partial charge in [-0.15, -0.1) is 0 Å². The molecule has 1 aliphatic heterocycles. The Morgan fingerprint density at radius 1 is 1.39 bits per heavy atom. The number of imide groups is 1. The van der Waals surface area contributed by atoms with Crippen molar-refractivity contribution in [3.8, 4) is 0 Å². The Labute approximate surface area is 109 Å². The first-order valence-corrected chi connectivity index (χ1v) is 6.38. The van der Waals surface area contributed by atoms with Crippen LogP contribution in [0.4, 0.5) is 4.79 Å². The summed E-state index contributed by atoms with van der Waals surface area (Å²) in [7, 11) is 0. The highest BCUT2D eigenvalue weighted by atomic mass is 32.2. The molecule has 2 heterocycles. The van der Waals surface area contributed by atoms with Crippen LogP contribution in [0.3, 0.4) is 0 Å². The predicted octanol–water partition coefficient (Wildman–Crippen LogP) is 3.28. The second kappa shape index (κ2) is 5.27. The molecule has 0 aromatic carbocycles. The maximum atomic E-state index is 11.9. The fourth-order valence-electron chi connectivity index (χ4n) is 1.56. The van der Waals surface area contributed by atoms with E-state index < -0.39 is 0 Å². The molecule has 1 saturated heterocycles. The van der Waals surface area contributed by atoms with E-state index in [-0.39, 0.29) is 17.2 Å². The maximum Gasteiger partial charge on any atom is 0.293 e. The SMILES string of the molecule is CC(C)N1C(=O)S/C(=C\C=C\c2ccco2)C1=O. The van der Waals surface area contributed by atoms with Crippen molar-refractivity contribution in [1.29, 1.82) is 0 Å². The lowest BCUT2D eigenvalue weighted by Gasteiger charge is -2.16. The molecule has 0 atom stereocenters. The van der Waals surface area contributed by atoms with Crippen LogP contribution in [0.1, 0.15) is 19.6 Å². The van der Waals surface area contributed by atoms with E-state index in [1.54, 1.807) is 30.6 Å². The third kappa shape index (κ3) is 2.56. The number of furan rings is 1. The average molecular weight is 263 g/mol. The first-order chi connectivity index (χ1) is 8.59. The van der Waals surface area contributed by atoms with Crippen molar-refractivity contribution in [2.45, 2.75) is 19.9 Å². The van der Waals surface area contributed by atoms with E-state index in [0.29, 0.717) is 10.7 Å². The van der Waals surface area contributed by atoms with Crippen molar-refractivity contribution >= 4 is 29.0 Å². The smallest absolute Gasteiger partial charge is 0.293 e. The summed E-state index contributed by atoms with van der Waals surface area (Å²) in [4.78, 5) is 25.2. The third-order valence-corrected chi connectivity index (χ3v) is 3.29. The molecule has 1 fully saturated rings. The lowest BCUT2D eigenvalue weighted by Crippen LogP contribution is -2.34. The molecule has 2 rings (SSSR count). The van der Waals surface area contributed by atoms with Gasteiger partial charge >= 0.3 is 0 Å². The van der Waals surface area contributed by atoms with Gasteiger partial charge in [-0.3, -0.25) is 14.5 Å². The van der Waals surface area contributed by atoms with Gasteiger partial charge in [0.1, 0.15) is 5.76 Å². The van der Waals surface area contributed by atoms with Gasteiger partial charge in [0.15, 0.2) is 0 Å². The van der Waals surface area contributed by atoms with Crippen LogP contribution in [-0.2, 0) is 4.79 Å². The molecule has 1 aromatic rings. The van der Waals surface area contributed by atoms with Crippen molar-refractivity contribution in [3.05, 3.63) is 41.2 Å². The summed E-state index contributed by atoms with van der Waals surface area (Å²) in [6.45, 7) is 3.63. The molecule has 0 bridgehead atoms. The molecule has 0 aliphatic carbocycles. The van der Waals surface area contributed by atoms with E-state index in [2.05, 4.69) is 0 Å². The van der Waals surface area contributed by atoms with Gasteiger partial charge in [-0.25, -0.2) is 0 Å². The molecule has 0 unspecified atom stereocenters.